The molecule has 3 aromatic rings. The van der Waals surface area contributed by atoms with Gasteiger partial charge in [-0.15, -0.1) is 0 Å². The number of carbonyl (C=O) groups is 1. The van der Waals surface area contributed by atoms with Gasteiger partial charge in [0, 0.05) is 18.3 Å². The van der Waals surface area contributed by atoms with Crippen LogP contribution in [0.3, 0.4) is 0 Å². The summed E-state index contributed by atoms with van der Waals surface area (Å²) in [5.41, 5.74) is 2.17. The summed E-state index contributed by atoms with van der Waals surface area (Å²) in [7, 11) is 1.61. The quantitative estimate of drug-likeness (QED) is 0.753. The molecule has 2 aromatic heterocycles. The Hall–Kier alpha value is -3.29. The SMILES string of the molecule is COc1cccc2c1OCCCN(C(=O)Nc1cccn3nc(C)nc13)C2. The highest BCUT2D eigenvalue weighted by Crippen LogP contribution is 2.33. The number of ether oxygens (including phenoxy) is 2. The van der Waals surface area contributed by atoms with Crippen LogP contribution in [0.4, 0.5) is 10.5 Å². The van der Waals surface area contributed by atoms with Crippen molar-refractivity contribution in [2.45, 2.75) is 19.9 Å². The Morgan fingerprint density at radius 2 is 2.19 bits per heavy atom. The van der Waals surface area contributed by atoms with E-state index in [2.05, 4.69) is 15.4 Å². The summed E-state index contributed by atoms with van der Waals surface area (Å²) in [5.74, 6) is 2.03. The third-order valence-electron chi connectivity index (χ3n) is 4.46. The molecule has 8 heteroatoms. The summed E-state index contributed by atoms with van der Waals surface area (Å²) in [6.45, 7) is 3.38. The fourth-order valence-corrected chi connectivity index (χ4v) is 3.20. The first-order valence-corrected chi connectivity index (χ1v) is 8.82. The monoisotopic (exact) mass is 367 g/mol. The van der Waals surface area contributed by atoms with Gasteiger partial charge in [-0.2, -0.15) is 5.10 Å². The highest BCUT2D eigenvalue weighted by atomic mass is 16.5. The summed E-state index contributed by atoms with van der Waals surface area (Å²) in [6.07, 6.45) is 2.54. The first kappa shape index (κ1) is 17.1. The van der Waals surface area contributed by atoms with Gasteiger partial charge in [-0.3, -0.25) is 0 Å². The molecular formula is C19H21N5O3. The van der Waals surface area contributed by atoms with Crippen molar-refractivity contribution in [1.82, 2.24) is 19.5 Å². The number of aromatic nitrogens is 3. The van der Waals surface area contributed by atoms with Crippen molar-refractivity contribution in [1.29, 1.82) is 0 Å². The average Bonchev–Trinajstić information content (AvgIpc) is 3.03. The van der Waals surface area contributed by atoms with Gasteiger partial charge in [0.25, 0.3) is 0 Å². The maximum absolute atomic E-state index is 12.9. The molecule has 0 radical (unpaired) electrons. The zero-order chi connectivity index (χ0) is 18.8. The number of hydrogen-bond donors (Lipinski definition) is 1. The topological polar surface area (TPSA) is 81.0 Å². The van der Waals surface area contributed by atoms with E-state index in [4.69, 9.17) is 9.47 Å². The lowest BCUT2D eigenvalue weighted by Gasteiger charge is -2.27. The van der Waals surface area contributed by atoms with Crippen LogP contribution >= 0.6 is 0 Å². The number of urea groups is 1. The third kappa shape index (κ3) is 3.38. The molecule has 0 bridgehead atoms. The molecular weight excluding hydrogens is 346 g/mol. The van der Waals surface area contributed by atoms with Crippen molar-refractivity contribution in [2.75, 3.05) is 25.6 Å². The zero-order valence-electron chi connectivity index (χ0n) is 15.3. The summed E-state index contributed by atoms with van der Waals surface area (Å²) in [5, 5.41) is 7.25. The number of methoxy groups -OCH3 is 1. The molecule has 0 spiro atoms. The second-order valence-corrected chi connectivity index (χ2v) is 6.35. The van der Waals surface area contributed by atoms with Crippen LogP contribution in [0.15, 0.2) is 36.5 Å². The van der Waals surface area contributed by atoms with Crippen LogP contribution in [-0.2, 0) is 6.54 Å². The lowest BCUT2D eigenvalue weighted by Crippen LogP contribution is -2.37. The number of anilines is 1. The Morgan fingerprint density at radius 1 is 1.30 bits per heavy atom. The molecule has 0 aliphatic carbocycles. The number of benzene rings is 1. The van der Waals surface area contributed by atoms with Gasteiger partial charge in [0.05, 0.1) is 25.9 Å². The van der Waals surface area contributed by atoms with E-state index in [9.17, 15) is 4.79 Å². The van der Waals surface area contributed by atoms with E-state index in [0.29, 0.717) is 48.4 Å². The van der Waals surface area contributed by atoms with E-state index >= 15 is 0 Å². The minimum absolute atomic E-state index is 0.181. The Kier molecular flexibility index (Phi) is 4.53. The van der Waals surface area contributed by atoms with Crippen molar-refractivity contribution in [3.63, 3.8) is 0 Å². The number of rotatable bonds is 2. The average molecular weight is 367 g/mol. The minimum Gasteiger partial charge on any atom is -0.493 e. The van der Waals surface area contributed by atoms with Crippen molar-refractivity contribution in [2.24, 2.45) is 0 Å². The maximum atomic E-state index is 12.9. The number of hydrogen-bond acceptors (Lipinski definition) is 5. The van der Waals surface area contributed by atoms with Gasteiger partial charge in [0.1, 0.15) is 5.82 Å². The normalized spacial score (nSPS) is 14.1. The molecule has 1 aliphatic rings. The number of para-hydroxylation sites is 1. The molecule has 1 N–H and O–H groups in total. The van der Waals surface area contributed by atoms with Crippen LogP contribution in [0.25, 0.3) is 5.65 Å². The van der Waals surface area contributed by atoms with Crippen molar-refractivity contribution < 1.29 is 14.3 Å². The third-order valence-corrected chi connectivity index (χ3v) is 4.46. The van der Waals surface area contributed by atoms with E-state index < -0.39 is 0 Å². The van der Waals surface area contributed by atoms with Gasteiger partial charge in [0.15, 0.2) is 17.1 Å². The first-order chi connectivity index (χ1) is 13.2. The van der Waals surface area contributed by atoms with Crippen molar-refractivity contribution in [3.8, 4) is 11.5 Å². The molecule has 0 saturated heterocycles. The molecule has 27 heavy (non-hydrogen) atoms. The predicted octanol–water partition coefficient (Wildman–Crippen LogP) is 2.86. The lowest BCUT2D eigenvalue weighted by atomic mass is 10.1. The van der Waals surface area contributed by atoms with E-state index in [1.807, 2.05) is 37.3 Å². The molecule has 8 nitrogen and oxygen atoms in total. The van der Waals surface area contributed by atoms with Crippen molar-refractivity contribution in [3.05, 3.63) is 47.9 Å². The van der Waals surface area contributed by atoms with Crippen LogP contribution in [0.1, 0.15) is 17.8 Å². The standard InChI is InChI=1S/C19H21N5O3/c1-13-20-18-15(7-4-10-24(18)22-13)21-19(25)23-9-5-11-27-17-14(12-23)6-3-8-16(17)26-2/h3-4,6-8,10H,5,9,11-12H2,1-2H3,(H,21,25). The summed E-state index contributed by atoms with van der Waals surface area (Å²) in [4.78, 5) is 19.1. The molecule has 1 aromatic carbocycles. The summed E-state index contributed by atoms with van der Waals surface area (Å²) in [6, 6.07) is 9.19. The molecule has 140 valence electrons. The number of fused-ring (bicyclic) bond motifs is 2. The molecule has 0 unspecified atom stereocenters. The fraction of sp³-hybridized carbons (Fsp3) is 0.316. The molecule has 3 heterocycles. The largest absolute Gasteiger partial charge is 0.493 e. The van der Waals surface area contributed by atoms with Crippen molar-refractivity contribution >= 4 is 17.4 Å². The van der Waals surface area contributed by atoms with Crippen LogP contribution in [0.2, 0.25) is 0 Å². The second-order valence-electron chi connectivity index (χ2n) is 6.35. The van der Waals surface area contributed by atoms with Crippen LogP contribution in [0.5, 0.6) is 11.5 Å². The zero-order valence-corrected chi connectivity index (χ0v) is 15.3. The number of nitrogens with zero attached hydrogens (tertiary/aromatic N) is 4. The molecule has 0 saturated carbocycles. The maximum Gasteiger partial charge on any atom is 0.322 e. The van der Waals surface area contributed by atoms with Crippen LogP contribution < -0.4 is 14.8 Å². The number of carbonyl (C=O) groups excluding carboxylic acids is 1. The fourth-order valence-electron chi connectivity index (χ4n) is 3.20. The summed E-state index contributed by atoms with van der Waals surface area (Å²) < 4.78 is 12.9. The van der Waals surface area contributed by atoms with Crippen LogP contribution in [-0.4, -0.2) is 45.8 Å². The Bertz CT molecular complexity index is 985. The number of pyridine rings is 1. The van der Waals surface area contributed by atoms with Gasteiger partial charge < -0.3 is 19.7 Å². The van der Waals surface area contributed by atoms with E-state index in [1.165, 1.54) is 0 Å². The van der Waals surface area contributed by atoms with Gasteiger partial charge in [-0.1, -0.05) is 12.1 Å². The second kappa shape index (κ2) is 7.14. The predicted molar refractivity (Wildman–Crippen MR) is 100 cm³/mol. The highest BCUT2D eigenvalue weighted by molar-refractivity contribution is 5.93. The van der Waals surface area contributed by atoms with Gasteiger partial charge in [-0.25, -0.2) is 14.3 Å². The number of amides is 2. The van der Waals surface area contributed by atoms with Gasteiger partial charge >= 0.3 is 6.03 Å². The molecule has 1 aliphatic heterocycles. The van der Waals surface area contributed by atoms with E-state index in [-0.39, 0.29) is 6.03 Å². The van der Waals surface area contributed by atoms with E-state index in [1.54, 1.807) is 22.7 Å². The minimum atomic E-state index is -0.181. The Morgan fingerprint density at radius 3 is 3.04 bits per heavy atom. The number of nitrogens with one attached hydrogen (secondary N) is 1. The smallest absolute Gasteiger partial charge is 0.322 e. The van der Waals surface area contributed by atoms with Gasteiger partial charge in [-0.05, 0) is 31.5 Å². The highest BCUT2D eigenvalue weighted by Gasteiger charge is 2.21. The Labute approximate surface area is 156 Å². The van der Waals surface area contributed by atoms with Crippen LogP contribution in [0, 0.1) is 6.92 Å². The molecule has 0 atom stereocenters. The molecule has 4 rings (SSSR count). The Balaban J connectivity index is 1.59. The van der Waals surface area contributed by atoms with Gasteiger partial charge in [0.2, 0.25) is 0 Å². The van der Waals surface area contributed by atoms with E-state index in [0.717, 1.165) is 12.0 Å². The summed E-state index contributed by atoms with van der Waals surface area (Å²) >= 11 is 0. The molecule has 2 amide bonds. The lowest BCUT2D eigenvalue weighted by molar-refractivity contribution is 0.191. The number of aryl methyl sites for hydroxylation is 1. The molecule has 0 fully saturated rings. The first-order valence-electron chi connectivity index (χ1n) is 8.82.